The number of aryl methyl sites for hydroxylation is 1. The lowest BCUT2D eigenvalue weighted by Gasteiger charge is -2.40. The lowest BCUT2D eigenvalue weighted by molar-refractivity contribution is 0.0694. The van der Waals surface area contributed by atoms with Crippen molar-refractivity contribution in [1.82, 2.24) is 9.24 Å². The zero-order valence-corrected chi connectivity index (χ0v) is 17.5. The molecule has 2 aliphatic rings. The Labute approximate surface area is 171 Å². The molecule has 1 aromatic carbocycles. The van der Waals surface area contributed by atoms with E-state index in [0.29, 0.717) is 5.52 Å². The number of piperazine rings is 1. The third-order valence-electron chi connectivity index (χ3n) is 5.92. The molecule has 1 unspecified atom stereocenters. The molecule has 0 radical (unpaired) electrons. The molecule has 11 heteroatoms. The van der Waals surface area contributed by atoms with Crippen LogP contribution in [0, 0.1) is 12.7 Å². The lowest BCUT2D eigenvalue weighted by Crippen LogP contribution is -2.50. The van der Waals surface area contributed by atoms with E-state index >= 15 is 4.39 Å². The summed E-state index contributed by atoms with van der Waals surface area (Å²) in [5.74, 6) is -1.97. The normalized spacial score (nSPS) is 20.7. The number of aromatic nitrogens is 1. The summed E-state index contributed by atoms with van der Waals surface area (Å²) >= 11 is 0. The largest absolute Gasteiger partial charge is 0.477 e. The van der Waals surface area contributed by atoms with Gasteiger partial charge in [0.2, 0.25) is 5.43 Å². The number of hydrogen-bond acceptors (Lipinski definition) is 4. The maximum absolute atomic E-state index is 15.3. The molecule has 3 N–H and O–H groups in total. The molecule has 1 aliphatic carbocycles. The third kappa shape index (κ3) is 3.43. The Balaban J connectivity index is 1.85. The highest BCUT2D eigenvalue weighted by Gasteiger charge is 2.36. The minimum absolute atomic E-state index is 0.0601. The van der Waals surface area contributed by atoms with Crippen molar-refractivity contribution >= 4 is 30.3 Å². The van der Waals surface area contributed by atoms with Gasteiger partial charge in [-0.05, 0) is 32.8 Å². The van der Waals surface area contributed by atoms with Gasteiger partial charge in [-0.25, -0.2) is 18.4 Å². The van der Waals surface area contributed by atoms with E-state index in [1.54, 1.807) is 22.5 Å². The Kier molecular flexibility index (Phi) is 5.01. The first-order valence-electron chi connectivity index (χ1n) is 9.69. The fourth-order valence-corrected chi connectivity index (χ4v) is 5.18. The number of fused-ring (bicyclic) bond motifs is 1. The van der Waals surface area contributed by atoms with Crippen LogP contribution in [0.3, 0.4) is 0 Å². The molecule has 2 fully saturated rings. The van der Waals surface area contributed by atoms with Crippen LogP contribution in [0.2, 0.25) is 0 Å². The Bertz CT molecular complexity index is 1160. The van der Waals surface area contributed by atoms with Crippen molar-refractivity contribution in [3.8, 4) is 0 Å². The molecule has 0 amide bonds. The number of carboxylic acid groups (broad SMARTS) is 1. The highest BCUT2D eigenvalue weighted by Crippen LogP contribution is 2.44. The second kappa shape index (κ2) is 7.16. The molecule has 1 aliphatic heterocycles. The summed E-state index contributed by atoms with van der Waals surface area (Å²) in [6.45, 7) is 3.60. The van der Waals surface area contributed by atoms with Crippen molar-refractivity contribution in [2.75, 3.05) is 24.5 Å². The molecule has 1 saturated carbocycles. The van der Waals surface area contributed by atoms with Crippen LogP contribution in [0.4, 0.5) is 10.1 Å². The van der Waals surface area contributed by atoms with E-state index in [2.05, 4.69) is 0 Å². The molecule has 2 heterocycles. The molecule has 1 atom stereocenters. The van der Waals surface area contributed by atoms with E-state index in [-0.39, 0.29) is 47.9 Å². The average Bonchev–Trinajstić information content (AvgIpc) is 3.48. The monoisotopic (exact) mass is 439 g/mol. The van der Waals surface area contributed by atoms with Gasteiger partial charge >= 0.3 is 13.7 Å². The topological polar surface area (TPSA) is 123 Å². The Hall–Kier alpha value is -2.26. The summed E-state index contributed by atoms with van der Waals surface area (Å²) in [5.41, 5.74) is -0.291. The van der Waals surface area contributed by atoms with Crippen molar-refractivity contribution in [1.29, 1.82) is 0 Å². The summed E-state index contributed by atoms with van der Waals surface area (Å²) < 4.78 is 29.8. The highest BCUT2D eigenvalue weighted by atomic mass is 31.2. The van der Waals surface area contributed by atoms with Crippen molar-refractivity contribution in [2.24, 2.45) is 0 Å². The molecule has 2 aromatic rings. The van der Waals surface area contributed by atoms with Crippen LogP contribution in [0.25, 0.3) is 10.9 Å². The second-order valence-corrected chi connectivity index (χ2v) is 9.56. The number of benzene rings is 1. The summed E-state index contributed by atoms with van der Waals surface area (Å²) in [5, 5.41) is 9.47. The van der Waals surface area contributed by atoms with E-state index in [9.17, 15) is 29.0 Å². The first-order chi connectivity index (χ1) is 14.0. The molecule has 0 bridgehead atoms. The number of aromatic carboxylic acids is 1. The fourth-order valence-electron chi connectivity index (χ4n) is 4.24. The van der Waals surface area contributed by atoms with Crippen LogP contribution in [-0.2, 0) is 4.57 Å². The fraction of sp³-hybridized carbons (Fsp3) is 0.474. The predicted octanol–water partition coefficient (Wildman–Crippen LogP) is 2.09. The van der Waals surface area contributed by atoms with E-state index in [0.717, 1.165) is 17.5 Å². The van der Waals surface area contributed by atoms with Crippen LogP contribution in [0.1, 0.15) is 41.7 Å². The van der Waals surface area contributed by atoms with Crippen LogP contribution in [0.15, 0.2) is 17.1 Å². The number of nitrogens with zero attached hydrogens (tertiary/aromatic N) is 3. The Morgan fingerprint density at radius 2 is 1.93 bits per heavy atom. The van der Waals surface area contributed by atoms with Gasteiger partial charge < -0.3 is 24.4 Å². The Morgan fingerprint density at radius 3 is 2.47 bits per heavy atom. The standard InChI is InChI=1S/C19H23FN3O6P/c1-10-8-21(5-6-23(10)30(27,28)29)15-7-14-16(11(2)17(15)20)18(24)13(19(25)26)9-22(14)12-3-4-12/h7,9-10,12H,3-6,8H2,1-2H3,(H,25,26)(H2,27,28,29). The van der Waals surface area contributed by atoms with Crippen molar-refractivity contribution in [3.05, 3.63) is 39.4 Å². The minimum atomic E-state index is -4.40. The van der Waals surface area contributed by atoms with E-state index < -0.39 is 31.0 Å². The van der Waals surface area contributed by atoms with Gasteiger partial charge in [-0.15, -0.1) is 0 Å². The molecule has 1 saturated heterocycles. The number of rotatable bonds is 4. The van der Waals surface area contributed by atoms with Gasteiger partial charge in [0.25, 0.3) is 0 Å². The molecule has 4 rings (SSSR count). The predicted molar refractivity (Wildman–Crippen MR) is 109 cm³/mol. The van der Waals surface area contributed by atoms with Crippen LogP contribution < -0.4 is 10.3 Å². The Morgan fingerprint density at radius 1 is 1.27 bits per heavy atom. The van der Waals surface area contributed by atoms with Crippen LogP contribution in [0.5, 0.6) is 0 Å². The number of pyridine rings is 1. The molecule has 0 spiro atoms. The minimum Gasteiger partial charge on any atom is -0.477 e. The van der Waals surface area contributed by atoms with Gasteiger partial charge in [-0.1, -0.05) is 0 Å². The SMILES string of the molecule is Cc1c(F)c(N2CCN(P(=O)(O)O)C(C)C2)cc2c1c(=O)c(C(=O)O)cn2C1CC1. The maximum Gasteiger partial charge on any atom is 0.403 e. The van der Waals surface area contributed by atoms with Gasteiger partial charge in [0.05, 0.1) is 16.6 Å². The molecule has 9 nitrogen and oxygen atoms in total. The second-order valence-electron chi connectivity index (χ2n) is 8.02. The van der Waals surface area contributed by atoms with Crippen LogP contribution in [-0.4, -0.2) is 55.8 Å². The van der Waals surface area contributed by atoms with E-state index in [1.807, 2.05) is 0 Å². The van der Waals surface area contributed by atoms with E-state index in [4.69, 9.17) is 0 Å². The maximum atomic E-state index is 15.3. The quantitative estimate of drug-likeness (QED) is 0.619. The highest BCUT2D eigenvalue weighted by molar-refractivity contribution is 7.49. The van der Waals surface area contributed by atoms with Crippen molar-refractivity contribution in [3.63, 3.8) is 0 Å². The zero-order valence-electron chi connectivity index (χ0n) is 16.6. The van der Waals surface area contributed by atoms with Gasteiger partial charge in [0, 0.05) is 43.5 Å². The summed E-state index contributed by atoms with van der Waals surface area (Å²) in [4.78, 5) is 45.0. The first-order valence-corrected chi connectivity index (χ1v) is 11.3. The van der Waals surface area contributed by atoms with E-state index in [1.165, 1.54) is 13.1 Å². The third-order valence-corrected chi connectivity index (χ3v) is 7.18. The average molecular weight is 439 g/mol. The lowest BCUT2D eigenvalue weighted by atomic mass is 10.0. The van der Waals surface area contributed by atoms with Crippen LogP contribution >= 0.6 is 7.75 Å². The summed E-state index contributed by atoms with van der Waals surface area (Å²) in [6, 6.07) is 1.12. The number of carbonyl (C=O) groups is 1. The molecule has 30 heavy (non-hydrogen) atoms. The molecular formula is C19H23FN3O6P. The van der Waals surface area contributed by atoms with Crippen molar-refractivity contribution < 1.29 is 28.6 Å². The number of carboxylic acids is 1. The zero-order chi connectivity index (χ0) is 22.0. The number of hydrogen-bond donors (Lipinski definition) is 3. The van der Waals surface area contributed by atoms with Gasteiger partial charge in [0.1, 0.15) is 11.4 Å². The first kappa shape index (κ1) is 21.0. The van der Waals surface area contributed by atoms with Gasteiger partial charge in [-0.2, -0.15) is 0 Å². The molecular weight excluding hydrogens is 416 g/mol. The van der Waals surface area contributed by atoms with Gasteiger partial charge in [0.15, 0.2) is 0 Å². The van der Waals surface area contributed by atoms with Crippen molar-refractivity contribution in [2.45, 2.75) is 38.8 Å². The summed E-state index contributed by atoms with van der Waals surface area (Å²) in [6.07, 6.45) is 3.03. The number of anilines is 1. The number of halogens is 1. The summed E-state index contributed by atoms with van der Waals surface area (Å²) in [7, 11) is -4.40. The van der Waals surface area contributed by atoms with Gasteiger partial charge in [-0.3, -0.25) is 4.79 Å². The smallest absolute Gasteiger partial charge is 0.403 e. The molecule has 162 valence electrons. The molecule has 1 aromatic heterocycles.